The Kier molecular flexibility index (Phi) is 4.78. The molecule has 0 radical (unpaired) electrons. The van der Waals surface area contributed by atoms with Crippen molar-refractivity contribution in [2.45, 2.75) is 39.0 Å². The molecule has 1 N–H and O–H groups in total. The topological polar surface area (TPSA) is 52.9 Å². The average molecular weight is 324 g/mol. The van der Waals surface area contributed by atoms with Gasteiger partial charge in [0.05, 0.1) is 12.0 Å². The number of hydrogen-bond acceptors (Lipinski definition) is 3. The van der Waals surface area contributed by atoms with Crippen molar-refractivity contribution in [1.82, 2.24) is 0 Å². The molecule has 1 heterocycles. The molecule has 23 heavy (non-hydrogen) atoms. The van der Waals surface area contributed by atoms with Crippen LogP contribution in [0, 0.1) is 17.2 Å². The number of benzene rings is 1. The summed E-state index contributed by atoms with van der Waals surface area (Å²) in [7, 11) is 0. The fraction of sp³-hybridized carbons (Fsp3) is 0.368. The van der Waals surface area contributed by atoms with E-state index in [-0.39, 0.29) is 5.91 Å². The number of carbonyl (C=O) groups excluding carboxylic acids is 1. The number of fused-ring (bicyclic) bond motifs is 1. The highest BCUT2D eigenvalue weighted by Gasteiger charge is 2.25. The second-order valence-corrected chi connectivity index (χ2v) is 7.15. The van der Waals surface area contributed by atoms with Crippen LogP contribution in [-0.2, 0) is 24.1 Å². The summed E-state index contributed by atoms with van der Waals surface area (Å²) in [6.07, 6.45) is 4.66. The normalized spacial score (nSPS) is 16.4. The van der Waals surface area contributed by atoms with E-state index < -0.39 is 0 Å². The summed E-state index contributed by atoms with van der Waals surface area (Å²) in [5.41, 5.74) is 2.83. The summed E-state index contributed by atoms with van der Waals surface area (Å²) in [6, 6.07) is 12.0. The minimum absolute atomic E-state index is 0.0571. The van der Waals surface area contributed by atoms with Gasteiger partial charge < -0.3 is 5.32 Å². The van der Waals surface area contributed by atoms with Crippen molar-refractivity contribution in [1.29, 1.82) is 5.26 Å². The van der Waals surface area contributed by atoms with Gasteiger partial charge in [-0.15, -0.1) is 11.3 Å². The van der Waals surface area contributed by atoms with Crippen LogP contribution in [-0.4, -0.2) is 5.91 Å². The molecule has 1 aromatic carbocycles. The molecule has 1 aliphatic rings. The number of anilines is 1. The Balaban J connectivity index is 1.77. The lowest BCUT2D eigenvalue weighted by Crippen LogP contribution is -2.14. The minimum Gasteiger partial charge on any atom is -0.316 e. The van der Waals surface area contributed by atoms with E-state index in [0.717, 1.165) is 35.4 Å². The number of nitrogens with zero attached hydrogens (tertiary/aromatic N) is 1. The number of rotatable bonds is 4. The standard InChI is InChI=1S/C19H20N2OS/c1-2-13-8-9-15-16(12-20)19(23-17(15)10-13)21-18(22)11-14-6-4-3-5-7-14/h3-7,13H,2,8-11H2,1H3,(H,21,22)/t13-/m1/s1. The van der Waals surface area contributed by atoms with Crippen LogP contribution in [0.15, 0.2) is 30.3 Å². The Morgan fingerprint density at radius 2 is 2.17 bits per heavy atom. The monoisotopic (exact) mass is 324 g/mol. The lowest BCUT2D eigenvalue weighted by atomic mass is 9.86. The fourth-order valence-electron chi connectivity index (χ4n) is 3.16. The maximum absolute atomic E-state index is 12.3. The first-order valence-electron chi connectivity index (χ1n) is 8.09. The molecule has 3 rings (SSSR count). The molecule has 1 aromatic heterocycles. The zero-order valence-corrected chi connectivity index (χ0v) is 14.1. The van der Waals surface area contributed by atoms with Crippen LogP contribution in [0.1, 0.15) is 41.3 Å². The van der Waals surface area contributed by atoms with Crippen LogP contribution in [0.4, 0.5) is 5.00 Å². The van der Waals surface area contributed by atoms with Crippen LogP contribution in [0.2, 0.25) is 0 Å². The van der Waals surface area contributed by atoms with Crippen LogP contribution < -0.4 is 5.32 Å². The molecule has 0 aliphatic heterocycles. The number of nitriles is 1. The van der Waals surface area contributed by atoms with Crippen LogP contribution >= 0.6 is 11.3 Å². The Morgan fingerprint density at radius 1 is 1.39 bits per heavy atom. The van der Waals surface area contributed by atoms with Gasteiger partial charge in [-0.1, -0.05) is 43.7 Å². The van der Waals surface area contributed by atoms with Crippen LogP contribution in [0.25, 0.3) is 0 Å². The molecule has 2 aromatic rings. The van der Waals surface area contributed by atoms with E-state index in [9.17, 15) is 10.1 Å². The van der Waals surface area contributed by atoms with Crippen molar-refractivity contribution in [3.63, 3.8) is 0 Å². The SMILES string of the molecule is CC[C@@H]1CCc2c(sc(NC(=O)Cc3ccccc3)c2C#N)C1. The maximum atomic E-state index is 12.3. The summed E-state index contributed by atoms with van der Waals surface area (Å²) in [6.45, 7) is 2.22. The molecule has 118 valence electrons. The van der Waals surface area contributed by atoms with Gasteiger partial charge in [0.2, 0.25) is 5.91 Å². The van der Waals surface area contributed by atoms with Gasteiger partial charge in [-0.2, -0.15) is 5.26 Å². The van der Waals surface area contributed by atoms with Crippen molar-refractivity contribution in [3.05, 3.63) is 51.9 Å². The van der Waals surface area contributed by atoms with Gasteiger partial charge in [0, 0.05) is 4.88 Å². The third-order valence-corrected chi connectivity index (χ3v) is 5.69. The van der Waals surface area contributed by atoms with E-state index in [1.807, 2.05) is 30.3 Å². The third kappa shape index (κ3) is 3.46. The summed E-state index contributed by atoms with van der Waals surface area (Å²) < 4.78 is 0. The van der Waals surface area contributed by atoms with Crippen molar-refractivity contribution in [2.24, 2.45) is 5.92 Å². The lowest BCUT2D eigenvalue weighted by molar-refractivity contribution is -0.115. The first kappa shape index (κ1) is 15.8. The van der Waals surface area contributed by atoms with Crippen LogP contribution in [0.3, 0.4) is 0 Å². The Labute approximate surface area is 141 Å². The fourth-order valence-corrected chi connectivity index (χ4v) is 4.49. The van der Waals surface area contributed by atoms with E-state index in [1.165, 1.54) is 11.3 Å². The van der Waals surface area contributed by atoms with Gasteiger partial charge in [-0.25, -0.2) is 0 Å². The molecule has 0 fully saturated rings. The quantitative estimate of drug-likeness (QED) is 0.911. The lowest BCUT2D eigenvalue weighted by Gasteiger charge is -2.20. The van der Waals surface area contributed by atoms with Gasteiger partial charge in [0.1, 0.15) is 11.1 Å². The molecule has 4 heteroatoms. The smallest absolute Gasteiger partial charge is 0.229 e. The second-order valence-electron chi connectivity index (χ2n) is 6.05. The highest BCUT2D eigenvalue weighted by molar-refractivity contribution is 7.16. The zero-order chi connectivity index (χ0) is 16.2. The number of hydrogen-bond donors (Lipinski definition) is 1. The summed E-state index contributed by atoms with van der Waals surface area (Å²) in [5, 5.41) is 13.2. The van der Waals surface area contributed by atoms with Crippen molar-refractivity contribution in [2.75, 3.05) is 5.32 Å². The summed E-state index contributed by atoms with van der Waals surface area (Å²) in [4.78, 5) is 13.6. The van der Waals surface area contributed by atoms with Gasteiger partial charge in [0.25, 0.3) is 0 Å². The highest BCUT2D eigenvalue weighted by Crippen LogP contribution is 2.40. The molecule has 0 saturated carbocycles. The number of carbonyl (C=O) groups is 1. The summed E-state index contributed by atoms with van der Waals surface area (Å²) in [5.74, 6) is 0.652. The zero-order valence-electron chi connectivity index (χ0n) is 13.3. The molecular formula is C19H20N2OS. The molecule has 0 saturated heterocycles. The van der Waals surface area contributed by atoms with E-state index in [2.05, 4.69) is 18.3 Å². The average Bonchev–Trinajstić information content (AvgIpc) is 2.91. The van der Waals surface area contributed by atoms with Crippen molar-refractivity contribution < 1.29 is 4.79 Å². The molecule has 3 nitrogen and oxygen atoms in total. The molecule has 1 atom stereocenters. The third-order valence-electron chi connectivity index (χ3n) is 4.52. The van der Waals surface area contributed by atoms with E-state index in [1.54, 1.807) is 11.3 Å². The number of amides is 1. The van der Waals surface area contributed by atoms with Crippen molar-refractivity contribution >= 4 is 22.2 Å². The first-order chi connectivity index (χ1) is 11.2. The largest absolute Gasteiger partial charge is 0.316 e. The van der Waals surface area contributed by atoms with Gasteiger partial charge in [-0.05, 0) is 36.3 Å². The van der Waals surface area contributed by atoms with Gasteiger partial charge in [-0.3, -0.25) is 4.79 Å². The molecule has 0 bridgehead atoms. The highest BCUT2D eigenvalue weighted by atomic mass is 32.1. The minimum atomic E-state index is -0.0571. The van der Waals surface area contributed by atoms with Crippen LogP contribution in [0.5, 0.6) is 0 Å². The predicted octanol–water partition coefficient (Wildman–Crippen LogP) is 4.32. The molecule has 0 unspecified atom stereocenters. The Hall–Kier alpha value is -2.12. The maximum Gasteiger partial charge on any atom is 0.229 e. The second kappa shape index (κ2) is 6.97. The van der Waals surface area contributed by atoms with E-state index in [0.29, 0.717) is 17.9 Å². The molecule has 1 amide bonds. The van der Waals surface area contributed by atoms with Crippen molar-refractivity contribution in [3.8, 4) is 6.07 Å². The van der Waals surface area contributed by atoms with Gasteiger partial charge >= 0.3 is 0 Å². The Bertz CT molecular complexity index is 743. The molecular weight excluding hydrogens is 304 g/mol. The predicted molar refractivity (Wildman–Crippen MR) is 93.6 cm³/mol. The van der Waals surface area contributed by atoms with E-state index >= 15 is 0 Å². The van der Waals surface area contributed by atoms with E-state index in [4.69, 9.17) is 0 Å². The molecule has 1 aliphatic carbocycles. The Morgan fingerprint density at radius 3 is 2.87 bits per heavy atom. The first-order valence-corrected chi connectivity index (χ1v) is 8.91. The van der Waals surface area contributed by atoms with Gasteiger partial charge in [0.15, 0.2) is 0 Å². The summed E-state index contributed by atoms with van der Waals surface area (Å²) >= 11 is 1.59. The molecule has 0 spiro atoms. The number of nitrogens with one attached hydrogen (secondary N) is 1. The number of thiophene rings is 1.